The fourth-order valence-corrected chi connectivity index (χ4v) is 4.57. The molecule has 0 aliphatic rings. The highest BCUT2D eigenvalue weighted by Gasteiger charge is 2.06. The van der Waals surface area contributed by atoms with Gasteiger partial charge in [-0.25, -0.2) is 0 Å². The van der Waals surface area contributed by atoms with Gasteiger partial charge < -0.3 is 9.47 Å². The van der Waals surface area contributed by atoms with Gasteiger partial charge in [0.25, 0.3) is 0 Å². The van der Waals surface area contributed by atoms with E-state index < -0.39 is 0 Å². The van der Waals surface area contributed by atoms with Crippen LogP contribution in [-0.2, 0) is 22.3 Å². The van der Waals surface area contributed by atoms with Crippen molar-refractivity contribution in [2.45, 2.75) is 104 Å². The molecule has 0 amide bonds. The Morgan fingerprint density at radius 3 is 1.18 bits per heavy atom. The van der Waals surface area contributed by atoms with E-state index in [1.165, 1.54) is 62.5 Å². The second-order valence-electron chi connectivity index (χ2n) is 10.7. The van der Waals surface area contributed by atoms with Crippen LogP contribution in [0.1, 0.15) is 102 Å². The lowest BCUT2D eigenvalue weighted by Crippen LogP contribution is -1.98. The molecule has 218 valence electrons. The van der Waals surface area contributed by atoms with Gasteiger partial charge in [0.1, 0.15) is 11.4 Å². The first-order valence-corrected chi connectivity index (χ1v) is 15.7. The normalized spacial score (nSPS) is 11.2. The second-order valence-corrected chi connectivity index (χ2v) is 10.7. The number of ether oxygens (including phenoxy) is 2. The second kappa shape index (κ2) is 20.2. The number of pyridine rings is 2. The summed E-state index contributed by atoms with van der Waals surface area (Å²) in [6.45, 7) is 7.97. The van der Waals surface area contributed by atoms with E-state index >= 15 is 0 Å². The van der Waals surface area contributed by atoms with Gasteiger partial charge in [-0.1, -0.05) is 64.5 Å². The van der Waals surface area contributed by atoms with Gasteiger partial charge in [-0.2, -0.15) is 0 Å². The van der Waals surface area contributed by atoms with E-state index in [-0.39, 0.29) is 0 Å². The van der Waals surface area contributed by atoms with Crippen molar-refractivity contribution in [3.8, 4) is 22.8 Å². The van der Waals surface area contributed by atoms with Crippen molar-refractivity contribution >= 4 is 0 Å². The molecule has 6 nitrogen and oxygen atoms in total. The summed E-state index contributed by atoms with van der Waals surface area (Å²) in [5.41, 5.74) is 5.72. The van der Waals surface area contributed by atoms with Crippen molar-refractivity contribution in [2.24, 2.45) is 0 Å². The van der Waals surface area contributed by atoms with Crippen molar-refractivity contribution in [3.05, 3.63) is 60.2 Å². The van der Waals surface area contributed by atoms with Crippen LogP contribution in [0, 0.1) is 0 Å². The summed E-state index contributed by atoms with van der Waals surface area (Å²) in [5, 5.41) is 0. The van der Waals surface area contributed by atoms with Crippen LogP contribution in [0.25, 0.3) is 22.8 Å². The Labute approximate surface area is 242 Å². The van der Waals surface area contributed by atoms with Crippen LogP contribution in [0.2, 0.25) is 0 Å². The molecule has 3 rings (SSSR count). The van der Waals surface area contributed by atoms with Gasteiger partial charge in [0.05, 0.1) is 23.8 Å². The van der Waals surface area contributed by atoms with E-state index in [0.717, 1.165) is 87.7 Å². The van der Waals surface area contributed by atoms with Crippen LogP contribution in [0.3, 0.4) is 0 Å². The number of aromatic nitrogens is 4. The molecule has 3 heterocycles. The van der Waals surface area contributed by atoms with Gasteiger partial charge in [0.15, 0.2) is 0 Å². The first kappa shape index (κ1) is 31.8. The maximum absolute atomic E-state index is 5.74. The Hall–Kier alpha value is -2.70. The van der Waals surface area contributed by atoms with E-state index in [4.69, 9.17) is 9.47 Å². The number of nitrogens with zero attached hydrogens (tertiary/aromatic N) is 4. The summed E-state index contributed by atoms with van der Waals surface area (Å²) in [7, 11) is 0. The van der Waals surface area contributed by atoms with E-state index in [2.05, 4.69) is 45.9 Å². The van der Waals surface area contributed by atoms with E-state index in [9.17, 15) is 0 Å². The molecule has 0 aliphatic heterocycles. The average molecular weight is 547 g/mol. The lowest BCUT2D eigenvalue weighted by Gasteiger charge is -2.06. The van der Waals surface area contributed by atoms with Crippen molar-refractivity contribution < 1.29 is 9.47 Å². The first-order valence-electron chi connectivity index (χ1n) is 15.7. The molecule has 0 radical (unpaired) electrons. The summed E-state index contributed by atoms with van der Waals surface area (Å²) in [6.07, 6.45) is 24.0. The average Bonchev–Trinajstić information content (AvgIpc) is 3.00. The molecular formula is C34H50N4O2. The molecule has 0 saturated carbocycles. The van der Waals surface area contributed by atoms with Crippen LogP contribution in [0.15, 0.2) is 49.1 Å². The van der Waals surface area contributed by atoms with Crippen molar-refractivity contribution in [2.75, 3.05) is 26.4 Å². The minimum Gasteiger partial charge on any atom is -0.381 e. The van der Waals surface area contributed by atoms with Crippen molar-refractivity contribution in [1.29, 1.82) is 0 Å². The van der Waals surface area contributed by atoms with Gasteiger partial charge in [-0.3, -0.25) is 19.9 Å². The Kier molecular flexibility index (Phi) is 16.1. The summed E-state index contributed by atoms with van der Waals surface area (Å²) >= 11 is 0. The molecule has 0 unspecified atom stereocenters. The third kappa shape index (κ3) is 12.6. The van der Waals surface area contributed by atoms with Gasteiger partial charge >= 0.3 is 0 Å². The van der Waals surface area contributed by atoms with Gasteiger partial charge in [0, 0.05) is 38.8 Å². The number of hydrogen-bond acceptors (Lipinski definition) is 6. The predicted molar refractivity (Wildman–Crippen MR) is 164 cm³/mol. The molecule has 6 heteroatoms. The van der Waals surface area contributed by atoms with Crippen molar-refractivity contribution in [1.82, 2.24) is 19.9 Å². The Bertz CT molecular complexity index is 939. The monoisotopic (exact) mass is 546 g/mol. The molecular weight excluding hydrogens is 496 g/mol. The molecule has 0 atom stereocenters. The zero-order chi connectivity index (χ0) is 28.1. The van der Waals surface area contributed by atoms with Crippen LogP contribution in [-0.4, -0.2) is 46.4 Å². The minimum absolute atomic E-state index is 0.774. The van der Waals surface area contributed by atoms with Gasteiger partial charge in [-0.15, -0.1) is 0 Å². The van der Waals surface area contributed by atoms with Crippen LogP contribution >= 0.6 is 0 Å². The maximum Gasteiger partial charge on any atom is 0.107 e. The summed E-state index contributed by atoms with van der Waals surface area (Å²) < 4.78 is 11.5. The highest BCUT2D eigenvalue weighted by atomic mass is 16.5. The molecule has 0 N–H and O–H groups in total. The Balaban J connectivity index is 1.34. The topological polar surface area (TPSA) is 70.0 Å². The third-order valence-electron chi connectivity index (χ3n) is 7.12. The lowest BCUT2D eigenvalue weighted by atomic mass is 10.1. The number of hydrogen-bond donors (Lipinski definition) is 0. The Morgan fingerprint density at radius 2 is 0.825 bits per heavy atom. The van der Waals surface area contributed by atoms with Crippen LogP contribution in [0.5, 0.6) is 0 Å². The smallest absolute Gasteiger partial charge is 0.107 e. The standard InChI is InChI=1S/C34H50N4O2/c1-3-5-7-11-21-39-23-13-9-15-29-17-19-31(35-25-29)33-27-38-34(28-37-33)32-20-18-30(26-36-32)16-10-14-24-40-22-12-8-6-4-2/h17-20,25-28H,3-16,21-24H2,1-2H3. The number of rotatable bonds is 22. The quantitative estimate of drug-likeness (QED) is 0.118. The summed E-state index contributed by atoms with van der Waals surface area (Å²) in [6, 6.07) is 8.36. The van der Waals surface area contributed by atoms with Crippen LogP contribution < -0.4 is 0 Å². The fourth-order valence-electron chi connectivity index (χ4n) is 4.57. The Morgan fingerprint density at radius 1 is 0.425 bits per heavy atom. The lowest BCUT2D eigenvalue weighted by molar-refractivity contribution is 0.126. The third-order valence-corrected chi connectivity index (χ3v) is 7.12. The van der Waals surface area contributed by atoms with E-state index in [1.54, 1.807) is 12.4 Å². The van der Waals surface area contributed by atoms with E-state index in [1.807, 2.05) is 24.5 Å². The SMILES string of the molecule is CCCCCCOCCCCc1ccc(-c2cnc(-c3ccc(CCCCOCCCCCC)cn3)cn2)nc1. The predicted octanol–water partition coefficient (Wildman–Crippen LogP) is 8.44. The van der Waals surface area contributed by atoms with Crippen molar-refractivity contribution in [3.63, 3.8) is 0 Å². The molecule has 0 spiro atoms. The first-order chi connectivity index (χ1) is 19.8. The molecule has 40 heavy (non-hydrogen) atoms. The number of aryl methyl sites for hydroxylation is 2. The summed E-state index contributed by atoms with van der Waals surface area (Å²) in [5.74, 6) is 0. The summed E-state index contributed by atoms with van der Waals surface area (Å²) in [4.78, 5) is 18.5. The number of unbranched alkanes of at least 4 members (excludes halogenated alkanes) is 8. The molecule has 0 aromatic carbocycles. The highest BCUT2D eigenvalue weighted by Crippen LogP contribution is 2.19. The van der Waals surface area contributed by atoms with Gasteiger partial charge in [-0.05, 0) is 74.6 Å². The fraction of sp³-hybridized carbons (Fsp3) is 0.588. The van der Waals surface area contributed by atoms with Gasteiger partial charge in [0.2, 0.25) is 0 Å². The highest BCUT2D eigenvalue weighted by molar-refractivity contribution is 5.58. The minimum atomic E-state index is 0.774. The maximum atomic E-state index is 5.74. The molecule has 0 aliphatic carbocycles. The molecule has 0 fully saturated rings. The molecule has 3 aromatic heterocycles. The molecule has 0 bridgehead atoms. The largest absolute Gasteiger partial charge is 0.381 e. The molecule has 3 aromatic rings. The zero-order valence-electron chi connectivity index (χ0n) is 25.0. The van der Waals surface area contributed by atoms with E-state index in [0.29, 0.717) is 0 Å². The molecule has 0 saturated heterocycles. The van der Waals surface area contributed by atoms with Crippen LogP contribution in [0.4, 0.5) is 0 Å². The zero-order valence-corrected chi connectivity index (χ0v) is 25.0.